The van der Waals surface area contributed by atoms with E-state index < -0.39 is 0 Å². The number of methoxy groups -OCH3 is 1. The summed E-state index contributed by atoms with van der Waals surface area (Å²) in [5, 5.41) is 0.501. The molecule has 1 aliphatic heterocycles. The van der Waals surface area contributed by atoms with Crippen molar-refractivity contribution in [3.63, 3.8) is 0 Å². The number of piperazine rings is 1. The Kier molecular flexibility index (Phi) is 5.12. The Labute approximate surface area is 131 Å². The van der Waals surface area contributed by atoms with Gasteiger partial charge in [0.1, 0.15) is 5.75 Å². The highest BCUT2D eigenvalue weighted by Gasteiger charge is 2.25. The molecule has 0 aromatic heterocycles. The van der Waals surface area contributed by atoms with Gasteiger partial charge in [-0.25, -0.2) is 0 Å². The van der Waals surface area contributed by atoms with Crippen LogP contribution in [-0.2, 0) is 0 Å². The van der Waals surface area contributed by atoms with Gasteiger partial charge in [-0.1, -0.05) is 25.4 Å². The van der Waals surface area contributed by atoms with Crippen molar-refractivity contribution < 1.29 is 9.53 Å². The Balaban J connectivity index is 2.34. The molecule has 0 radical (unpaired) electrons. The molecule has 1 fully saturated rings. The fourth-order valence-corrected chi connectivity index (χ4v) is 2.80. The molecule has 0 aliphatic carbocycles. The SMILES string of the molecule is COc1c(Cl)cc(C(C)C)cc1C(=O)N1CCN(C)CC1. The van der Waals surface area contributed by atoms with Crippen LogP contribution in [0.2, 0.25) is 5.02 Å². The zero-order valence-corrected chi connectivity index (χ0v) is 13.9. The van der Waals surface area contributed by atoms with Crippen LogP contribution in [0.25, 0.3) is 0 Å². The Morgan fingerprint density at radius 1 is 1.24 bits per heavy atom. The summed E-state index contributed by atoms with van der Waals surface area (Å²) in [6.07, 6.45) is 0. The molecule has 1 aromatic rings. The summed E-state index contributed by atoms with van der Waals surface area (Å²) in [7, 11) is 3.62. The number of likely N-dealkylation sites (N-methyl/N-ethyl adjacent to an activating group) is 1. The van der Waals surface area contributed by atoms with Crippen LogP contribution in [-0.4, -0.2) is 56.0 Å². The largest absolute Gasteiger partial charge is 0.494 e. The standard InChI is InChI=1S/C16H23ClN2O2/c1-11(2)12-9-13(15(21-4)14(17)10-12)16(20)19-7-5-18(3)6-8-19/h9-11H,5-8H2,1-4H3. The van der Waals surface area contributed by atoms with Gasteiger partial charge in [0.2, 0.25) is 0 Å². The lowest BCUT2D eigenvalue weighted by atomic mass is 9.99. The fraction of sp³-hybridized carbons (Fsp3) is 0.562. The van der Waals surface area contributed by atoms with Crippen LogP contribution in [0.15, 0.2) is 12.1 Å². The van der Waals surface area contributed by atoms with E-state index in [1.54, 1.807) is 7.11 Å². The van der Waals surface area contributed by atoms with Gasteiger partial charge >= 0.3 is 0 Å². The van der Waals surface area contributed by atoms with E-state index in [1.807, 2.05) is 17.0 Å². The van der Waals surface area contributed by atoms with Crippen LogP contribution in [0, 0.1) is 0 Å². The Hall–Kier alpha value is -1.26. The Bertz CT molecular complexity index is 523. The van der Waals surface area contributed by atoms with Gasteiger partial charge in [0.15, 0.2) is 0 Å². The third kappa shape index (κ3) is 3.50. The number of carbonyl (C=O) groups is 1. The minimum atomic E-state index is 0.00403. The first-order valence-corrected chi connectivity index (χ1v) is 7.67. The predicted molar refractivity (Wildman–Crippen MR) is 85.5 cm³/mol. The number of carbonyl (C=O) groups excluding carboxylic acids is 1. The second-order valence-corrected chi connectivity index (χ2v) is 6.24. The molecule has 0 bridgehead atoms. The van der Waals surface area contributed by atoms with E-state index in [1.165, 1.54) is 0 Å². The molecule has 0 spiro atoms. The average molecular weight is 311 g/mol. The van der Waals surface area contributed by atoms with Crippen LogP contribution >= 0.6 is 11.6 Å². The summed E-state index contributed by atoms with van der Waals surface area (Å²) >= 11 is 6.28. The van der Waals surface area contributed by atoms with Crippen LogP contribution in [0.5, 0.6) is 5.75 Å². The lowest BCUT2D eigenvalue weighted by Gasteiger charge is -2.33. The third-order valence-corrected chi connectivity index (χ3v) is 4.24. The van der Waals surface area contributed by atoms with E-state index in [2.05, 4.69) is 25.8 Å². The molecule has 5 heteroatoms. The van der Waals surface area contributed by atoms with Crippen LogP contribution in [0.4, 0.5) is 0 Å². The highest BCUT2D eigenvalue weighted by molar-refractivity contribution is 6.32. The molecule has 0 atom stereocenters. The first-order chi connectivity index (χ1) is 9.93. The van der Waals surface area contributed by atoms with Crippen molar-refractivity contribution in [1.29, 1.82) is 0 Å². The van der Waals surface area contributed by atoms with Gasteiger partial charge in [-0.3, -0.25) is 4.79 Å². The lowest BCUT2D eigenvalue weighted by Crippen LogP contribution is -2.47. The Morgan fingerprint density at radius 2 is 1.86 bits per heavy atom. The molecule has 1 aliphatic rings. The van der Waals surface area contributed by atoms with Gasteiger partial charge in [-0.05, 0) is 30.7 Å². The van der Waals surface area contributed by atoms with Crippen molar-refractivity contribution in [1.82, 2.24) is 9.80 Å². The highest BCUT2D eigenvalue weighted by Crippen LogP contribution is 2.33. The van der Waals surface area contributed by atoms with E-state index in [0.717, 1.165) is 31.7 Å². The quantitative estimate of drug-likeness (QED) is 0.860. The molecule has 0 unspecified atom stereocenters. The number of hydrogen-bond acceptors (Lipinski definition) is 3. The van der Waals surface area contributed by atoms with Crippen molar-refractivity contribution >= 4 is 17.5 Å². The molecule has 116 valence electrons. The second-order valence-electron chi connectivity index (χ2n) is 5.83. The maximum Gasteiger partial charge on any atom is 0.257 e. The monoisotopic (exact) mass is 310 g/mol. The van der Waals surface area contributed by atoms with Crippen molar-refractivity contribution in [2.24, 2.45) is 0 Å². The number of nitrogens with zero attached hydrogens (tertiary/aromatic N) is 2. The van der Waals surface area contributed by atoms with E-state index in [-0.39, 0.29) is 5.91 Å². The zero-order valence-electron chi connectivity index (χ0n) is 13.1. The van der Waals surface area contributed by atoms with E-state index in [4.69, 9.17) is 16.3 Å². The predicted octanol–water partition coefficient (Wildman–Crippen LogP) is 2.86. The molecule has 1 heterocycles. The summed E-state index contributed by atoms with van der Waals surface area (Å²) in [4.78, 5) is 16.9. The van der Waals surface area contributed by atoms with Crippen molar-refractivity contribution in [2.75, 3.05) is 40.3 Å². The molecule has 4 nitrogen and oxygen atoms in total. The van der Waals surface area contributed by atoms with Crippen LogP contribution < -0.4 is 4.74 Å². The summed E-state index contributed by atoms with van der Waals surface area (Å²) < 4.78 is 5.35. The number of amides is 1. The average Bonchev–Trinajstić information content (AvgIpc) is 2.46. The van der Waals surface area contributed by atoms with Gasteiger partial charge in [-0.15, -0.1) is 0 Å². The summed E-state index contributed by atoms with van der Waals surface area (Å²) in [6, 6.07) is 3.79. The first-order valence-electron chi connectivity index (χ1n) is 7.29. The molecular formula is C16H23ClN2O2. The molecule has 1 amide bonds. The van der Waals surface area contributed by atoms with Gasteiger partial charge < -0.3 is 14.5 Å². The molecule has 0 N–H and O–H groups in total. The Morgan fingerprint density at radius 3 is 2.38 bits per heavy atom. The maximum absolute atomic E-state index is 12.8. The minimum absolute atomic E-state index is 0.00403. The summed E-state index contributed by atoms with van der Waals surface area (Å²) in [6.45, 7) is 7.44. The number of rotatable bonds is 3. The van der Waals surface area contributed by atoms with Gasteiger partial charge in [0.25, 0.3) is 5.91 Å². The van der Waals surface area contributed by atoms with E-state index in [9.17, 15) is 4.79 Å². The molecule has 0 saturated carbocycles. The van der Waals surface area contributed by atoms with E-state index in [0.29, 0.717) is 22.3 Å². The van der Waals surface area contributed by atoms with Crippen LogP contribution in [0.3, 0.4) is 0 Å². The van der Waals surface area contributed by atoms with E-state index >= 15 is 0 Å². The third-order valence-electron chi connectivity index (χ3n) is 3.96. The van der Waals surface area contributed by atoms with Gasteiger partial charge in [-0.2, -0.15) is 0 Å². The lowest BCUT2D eigenvalue weighted by molar-refractivity contribution is 0.0660. The first kappa shape index (κ1) is 16.1. The molecule has 1 saturated heterocycles. The van der Waals surface area contributed by atoms with Crippen molar-refractivity contribution in [3.05, 3.63) is 28.3 Å². The molecule has 1 aromatic carbocycles. The van der Waals surface area contributed by atoms with Gasteiger partial charge in [0, 0.05) is 26.2 Å². The summed E-state index contributed by atoms with van der Waals surface area (Å²) in [5.74, 6) is 0.793. The normalized spacial score (nSPS) is 16.4. The molecular weight excluding hydrogens is 288 g/mol. The number of ether oxygens (including phenoxy) is 1. The molecule has 2 rings (SSSR count). The topological polar surface area (TPSA) is 32.8 Å². The number of halogens is 1. The zero-order chi connectivity index (χ0) is 15.6. The summed E-state index contributed by atoms with van der Waals surface area (Å²) in [5.41, 5.74) is 1.62. The second kappa shape index (κ2) is 6.67. The van der Waals surface area contributed by atoms with Gasteiger partial charge in [0.05, 0.1) is 17.7 Å². The minimum Gasteiger partial charge on any atom is -0.494 e. The number of hydrogen-bond donors (Lipinski definition) is 0. The molecule has 21 heavy (non-hydrogen) atoms. The van der Waals surface area contributed by atoms with Crippen molar-refractivity contribution in [2.45, 2.75) is 19.8 Å². The highest BCUT2D eigenvalue weighted by atomic mass is 35.5. The van der Waals surface area contributed by atoms with Crippen LogP contribution in [0.1, 0.15) is 35.7 Å². The van der Waals surface area contributed by atoms with Crippen molar-refractivity contribution in [3.8, 4) is 5.75 Å². The maximum atomic E-state index is 12.8. The smallest absolute Gasteiger partial charge is 0.257 e. The fourth-order valence-electron chi connectivity index (χ4n) is 2.49. The number of benzene rings is 1.